The van der Waals surface area contributed by atoms with Crippen molar-refractivity contribution >= 4 is 6.29 Å². The molecule has 1 rings (SSSR count). The lowest BCUT2D eigenvalue weighted by Gasteiger charge is -2.24. The van der Waals surface area contributed by atoms with E-state index in [1.807, 2.05) is 18.2 Å². The van der Waals surface area contributed by atoms with E-state index in [4.69, 9.17) is 30.6 Å². The summed E-state index contributed by atoms with van der Waals surface area (Å²) in [6, 6.07) is 9.10. The Labute approximate surface area is 116 Å². The summed E-state index contributed by atoms with van der Waals surface area (Å²) in [4.78, 5) is 10.0. The first-order chi connectivity index (χ1) is 9.47. The van der Waals surface area contributed by atoms with Gasteiger partial charge in [-0.25, -0.2) is 0 Å². The van der Waals surface area contributed by atoms with E-state index in [1.165, 1.54) is 0 Å². The van der Waals surface area contributed by atoms with Crippen molar-refractivity contribution in [1.29, 1.82) is 0 Å². The Balaban J connectivity index is 0.000000388. The first-order valence-electron chi connectivity index (χ1n) is 5.92. The number of aldehydes is 1. The van der Waals surface area contributed by atoms with Gasteiger partial charge in [-0.3, -0.25) is 4.79 Å². The second-order valence-electron chi connectivity index (χ2n) is 4.01. The smallest absolute Gasteiger partial charge is 0.150 e. The number of carbonyl (C=O) groups is 1. The number of carbonyl (C=O) groups excluding carboxylic acids is 1. The Morgan fingerprint density at radius 3 is 1.50 bits per heavy atom. The highest BCUT2D eigenvalue weighted by molar-refractivity contribution is 5.74. The Bertz CT molecular complexity index is 343. The molecule has 0 bridgehead atoms. The van der Waals surface area contributed by atoms with Crippen LogP contribution in [0, 0.1) is 0 Å². The van der Waals surface area contributed by atoms with Crippen LogP contribution in [0.2, 0.25) is 0 Å². The zero-order chi connectivity index (χ0) is 15.5. The molecule has 0 spiro atoms. The van der Waals surface area contributed by atoms with Crippen LogP contribution in [-0.2, 0) is 0 Å². The molecule has 6 N–H and O–H groups in total. The average molecular weight is 288 g/mol. The maximum Gasteiger partial charge on any atom is 0.150 e. The van der Waals surface area contributed by atoms with E-state index in [-0.39, 0.29) is 0 Å². The molecule has 20 heavy (non-hydrogen) atoms. The minimum atomic E-state index is -1.67. The van der Waals surface area contributed by atoms with Crippen molar-refractivity contribution < 1.29 is 35.4 Å². The molecule has 7 nitrogen and oxygen atoms in total. The molecular weight excluding hydrogens is 268 g/mol. The fourth-order valence-electron chi connectivity index (χ4n) is 1.20. The molecule has 0 aliphatic rings. The van der Waals surface area contributed by atoms with Crippen LogP contribution >= 0.6 is 0 Å². The summed E-state index contributed by atoms with van der Waals surface area (Å²) in [6.07, 6.45) is -5.56. The molecule has 0 saturated carbocycles. The first kappa shape index (κ1) is 18.7. The van der Waals surface area contributed by atoms with Crippen LogP contribution in [0.4, 0.5) is 0 Å². The van der Waals surface area contributed by atoms with E-state index in [0.29, 0.717) is 0 Å². The molecular formula is C13H20O7. The van der Waals surface area contributed by atoms with Gasteiger partial charge in [-0.2, -0.15) is 0 Å². The molecule has 0 aliphatic heterocycles. The van der Waals surface area contributed by atoms with Crippen molar-refractivity contribution in [2.75, 3.05) is 13.2 Å². The molecule has 114 valence electrons. The molecule has 4 unspecified atom stereocenters. The highest BCUT2D eigenvalue weighted by Crippen LogP contribution is 2.04. The van der Waals surface area contributed by atoms with Gasteiger partial charge in [0.2, 0.25) is 0 Å². The maximum atomic E-state index is 10.0. The highest BCUT2D eigenvalue weighted by Gasteiger charge is 2.29. The number of hydrogen-bond donors (Lipinski definition) is 6. The van der Waals surface area contributed by atoms with E-state index >= 15 is 0 Å². The lowest BCUT2D eigenvalue weighted by molar-refractivity contribution is -0.123. The van der Waals surface area contributed by atoms with Crippen LogP contribution < -0.4 is 0 Å². The number of rotatable bonds is 6. The Morgan fingerprint density at radius 1 is 0.850 bits per heavy atom. The van der Waals surface area contributed by atoms with Gasteiger partial charge in [0.1, 0.15) is 30.7 Å². The van der Waals surface area contributed by atoms with Crippen LogP contribution in [0.3, 0.4) is 0 Å². The molecule has 0 amide bonds. The Kier molecular flexibility index (Phi) is 9.73. The van der Waals surface area contributed by atoms with Gasteiger partial charge in [-0.15, -0.1) is 0 Å². The van der Waals surface area contributed by atoms with Gasteiger partial charge >= 0.3 is 0 Å². The molecule has 0 heterocycles. The summed E-state index contributed by atoms with van der Waals surface area (Å²) < 4.78 is 0. The molecule has 1 aromatic rings. The van der Waals surface area contributed by atoms with Crippen molar-refractivity contribution in [3.63, 3.8) is 0 Å². The molecule has 1 aromatic carbocycles. The minimum Gasteiger partial charge on any atom is -0.394 e. The summed E-state index contributed by atoms with van der Waals surface area (Å²) >= 11 is 0. The van der Waals surface area contributed by atoms with Crippen LogP contribution in [-0.4, -0.2) is 74.6 Å². The molecule has 0 radical (unpaired) electrons. The van der Waals surface area contributed by atoms with Crippen molar-refractivity contribution in [3.05, 3.63) is 35.9 Å². The summed E-state index contributed by atoms with van der Waals surface area (Å²) in [5.74, 6) is 0. The third-order valence-corrected chi connectivity index (χ3v) is 2.45. The number of hydrogen-bond acceptors (Lipinski definition) is 7. The van der Waals surface area contributed by atoms with Gasteiger partial charge in [0.05, 0.1) is 13.2 Å². The molecule has 0 aliphatic carbocycles. The quantitative estimate of drug-likeness (QED) is 0.330. The fraction of sp³-hybridized carbons (Fsp3) is 0.462. The molecule has 7 heteroatoms. The second kappa shape index (κ2) is 10.4. The SMILES string of the molecule is O=Cc1ccccc1.OCC(O)C(O)C(O)C(O)CO. The number of aliphatic hydroxyl groups is 6. The summed E-state index contributed by atoms with van der Waals surface area (Å²) in [5.41, 5.74) is 0.729. The molecule has 0 fully saturated rings. The van der Waals surface area contributed by atoms with Gasteiger partial charge in [0.25, 0.3) is 0 Å². The molecule has 4 atom stereocenters. The fourth-order valence-corrected chi connectivity index (χ4v) is 1.20. The van der Waals surface area contributed by atoms with Gasteiger partial charge in [0.15, 0.2) is 0 Å². The maximum absolute atomic E-state index is 10.0. The van der Waals surface area contributed by atoms with Crippen LogP contribution in [0.5, 0.6) is 0 Å². The van der Waals surface area contributed by atoms with Crippen LogP contribution in [0.1, 0.15) is 10.4 Å². The van der Waals surface area contributed by atoms with E-state index in [2.05, 4.69) is 0 Å². The van der Waals surface area contributed by atoms with E-state index in [9.17, 15) is 4.79 Å². The predicted molar refractivity (Wildman–Crippen MR) is 70.0 cm³/mol. The largest absolute Gasteiger partial charge is 0.394 e. The minimum absolute atomic E-state index is 0.726. The number of benzene rings is 1. The average Bonchev–Trinajstić information content (AvgIpc) is 2.53. The van der Waals surface area contributed by atoms with Crippen molar-refractivity contribution in [1.82, 2.24) is 0 Å². The van der Waals surface area contributed by atoms with Crippen molar-refractivity contribution in [2.24, 2.45) is 0 Å². The summed E-state index contributed by atoms with van der Waals surface area (Å²) in [7, 11) is 0. The molecule has 0 saturated heterocycles. The normalized spacial score (nSPS) is 16.3. The number of aliphatic hydroxyl groups excluding tert-OH is 6. The van der Waals surface area contributed by atoms with Crippen molar-refractivity contribution in [2.45, 2.75) is 24.4 Å². The van der Waals surface area contributed by atoms with Gasteiger partial charge in [-0.1, -0.05) is 30.3 Å². The standard InChI is InChI=1S/C7H6O.C6H14O6/c8-6-7-4-2-1-3-5-7;7-1-3(9)5(11)6(12)4(10)2-8/h1-6H;3-12H,1-2H2. The van der Waals surface area contributed by atoms with Crippen molar-refractivity contribution in [3.8, 4) is 0 Å². The summed E-state index contributed by atoms with van der Waals surface area (Å²) in [6.45, 7) is -1.45. The third kappa shape index (κ3) is 6.71. The monoisotopic (exact) mass is 288 g/mol. The van der Waals surface area contributed by atoms with Crippen LogP contribution in [0.15, 0.2) is 30.3 Å². The lowest BCUT2D eigenvalue weighted by Crippen LogP contribution is -2.46. The zero-order valence-corrected chi connectivity index (χ0v) is 10.8. The second-order valence-corrected chi connectivity index (χ2v) is 4.01. The van der Waals surface area contributed by atoms with Crippen LogP contribution in [0.25, 0.3) is 0 Å². The van der Waals surface area contributed by atoms with Gasteiger partial charge in [0, 0.05) is 5.56 Å². The highest BCUT2D eigenvalue weighted by atomic mass is 16.4. The van der Waals surface area contributed by atoms with Gasteiger partial charge in [-0.05, 0) is 0 Å². The Morgan fingerprint density at radius 2 is 1.25 bits per heavy atom. The van der Waals surface area contributed by atoms with E-state index < -0.39 is 37.6 Å². The van der Waals surface area contributed by atoms with E-state index in [0.717, 1.165) is 11.8 Å². The lowest BCUT2D eigenvalue weighted by atomic mass is 10.0. The summed E-state index contributed by atoms with van der Waals surface area (Å²) in [5, 5.41) is 52.2. The zero-order valence-electron chi connectivity index (χ0n) is 10.8. The topological polar surface area (TPSA) is 138 Å². The first-order valence-corrected chi connectivity index (χ1v) is 5.92. The van der Waals surface area contributed by atoms with E-state index in [1.54, 1.807) is 12.1 Å². The van der Waals surface area contributed by atoms with Gasteiger partial charge < -0.3 is 30.6 Å². The molecule has 0 aromatic heterocycles. The Hall–Kier alpha value is -1.35. The third-order valence-electron chi connectivity index (χ3n) is 2.45. The predicted octanol–water partition coefficient (Wildman–Crippen LogP) is -2.09.